The summed E-state index contributed by atoms with van der Waals surface area (Å²) in [5.41, 5.74) is 1.89. The average Bonchev–Trinajstić information content (AvgIpc) is 3.88. The molecular weight excluding hydrogens is 868 g/mol. The number of hydrogen-bond donors (Lipinski definition) is 3. The fraction of sp³-hybridized carbons (Fsp3) is 0.469. The van der Waals surface area contributed by atoms with Gasteiger partial charge in [0.05, 0.1) is 50.2 Å². The number of para-hydroxylation sites is 2. The molecule has 0 bridgehead atoms. The summed E-state index contributed by atoms with van der Waals surface area (Å²) in [4.78, 5) is 16.0. The fourth-order valence-electron chi connectivity index (χ4n) is 7.30. The van der Waals surface area contributed by atoms with Crippen LogP contribution >= 0.6 is 34.3 Å². The molecule has 0 spiro atoms. The first-order chi connectivity index (χ1) is 31.3. The van der Waals surface area contributed by atoms with E-state index < -0.39 is 12.4 Å². The lowest BCUT2D eigenvalue weighted by atomic mass is 10.2. The summed E-state index contributed by atoms with van der Waals surface area (Å²) in [6.45, 7) is 16.0. The van der Waals surface area contributed by atoms with Gasteiger partial charge in [0.15, 0.2) is 0 Å². The molecule has 4 heterocycles. The zero-order valence-corrected chi connectivity index (χ0v) is 39.7. The van der Waals surface area contributed by atoms with E-state index in [4.69, 9.17) is 30.5 Å². The number of nitrogens with zero attached hydrogens (tertiary/aromatic N) is 5. The summed E-state index contributed by atoms with van der Waals surface area (Å²) >= 11 is 8.87. The highest BCUT2D eigenvalue weighted by molar-refractivity contribution is 7.18. The van der Waals surface area contributed by atoms with E-state index in [2.05, 4.69) is 30.0 Å². The third kappa shape index (κ3) is 17.7. The molecule has 346 valence electrons. The Kier molecular flexibility index (Phi) is 21.1. The van der Waals surface area contributed by atoms with Gasteiger partial charge in [-0.2, -0.15) is 0 Å². The van der Waals surface area contributed by atoms with E-state index in [-0.39, 0.29) is 0 Å². The molecule has 2 aliphatic rings. The van der Waals surface area contributed by atoms with Crippen LogP contribution in [0, 0.1) is 13.8 Å². The molecule has 3 N–H and O–H groups in total. The van der Waals surface area contributed by atoms with Gasteiger partial charge in [-0.15, -0.1) is 34.3 Å². The van der Waals surface area contributed by atoms with E-state index in [0.717, 1.165) is 151 Å². The lowest BCUT2D eigenvalue weighted by Gasteiger charge is -2.35. The first kappa shape index (κ1) is 49.3. The third-order valence-corrected chi connectivity index (χ3v) is 12.8. The maximum Gasteiger partial charge on any atom is 0.210 e. The highest BCUT2D eigenvalue weighted by Gasteiger charge is 2.20. The van der Waals surface area contributed by atoms with Crippen LogP contribution in [0.2, 0.25) is 0 Å². The first-order valence-electron chi connectivity index (χ1n) is 22.5. The Labute approximate surface area is 391 Å². The van der Waals surface area contributed by atoms with Gasteiger partial charge in [-0.3, -0.25) is 9.80 Å². The number of aliphatic hydroxyl groups is 2. The molecule has 8 rings (SSSR count). The van der Waals surface area contributed by atoms with E-state index >= 15 is 0 Å². The van der Waals surface area contributed by atoms with Crippen molar-refractivity contribution < 1.29 is 29.2 Å². The number of nitrogens with one attached hydrogen (secondary N) is 1. The van der Waals surface area contributed by atoms with Gasteiger partial charge in [0, 0.05) is 76.9 Å². The number of fused-ring (bicyclic) bond motifs is 2. The quantitative estimate of drug-likeness (QED) is 0.0389. The summed E-state index contributed by atoms with van der Waals surface area (Å²) in [6.07, 6.45) is 2.96. The molecule has 0 amide bonds. The Balaban J connectivity index is 0.000000180. The minimum Gasteiger partial charge on any atom is -0.494 e. The SMILES string of the molecule is Cc1nc2cc(OC[C@H](O)CN3CCN(CCCCOc4ccccc4)CC3)ccc2s1.Cc1nc2cc(O[C@H](O)CN3CCNCC3)ccc2s1.ClCCCCOc1ccccc1. The van der Waals surface area contributed by atoms with Crippen LogP contribution < -0.4 is 24.3 Å². The molecule has 0 saturated carbocycles. The minimum absolute atomic E-state index is 0.302. The van der Waals surface area contributed by atoms with Gasteiger partial charge in [-0.05, 0) is 94.6 Å². The van der Waals surface area contributed by atoms with Crippen molar-refractivity contribution in [2.45, 2.75) is 51.9 Å². The second kappa shape index (κ2) is 27.4. The van der Waals surface area contributed by atoms with Crippen LogP contribution in [0.3, 0.4) is 0 Å². The van der Waals surface area contributed by atoms with Crippen molar-refractivity contribution in [3.05, 3.63) is 107 Å². The standard InChI is InChI=1S/C25H33N3O3S.C14H19N3O2S.C10H13ClO/c1-20-26-24-17-23(9-10-25(24)32-20)31-19-21(29)18-28-14-12-27(13-15-28)11-5-6-16-30-22-7-3-2-4-8-22;1-10-16-12-8-11(2-3-13(12)20-10)19-14(18)9-17-6-4-15-5-7-17;11-8-4-5-9-12-10-6-2-1-3-7-10/h2-4,7-10,17,21,29H,5-6,11-16,18-19H2,1H3;2-3,8,14-15,18H,4-7,9H2,1H3;1-3,6-7H,4-5,8-9H2/t21-;14-;/m10./s1. The van der Waals surface area contributed by atoms with Crippen LogP contribution in [0.4, 0.5) is 0 Å². The van der Waals surface area contributed by atoms with Crippen molar-refractivity contribution in [1.82, 2.24) is 30.0 Å². The zero-order valence-electron chi connectivity index (χ0n) is 37.3. The van der Waals surface area contributed by atoms with Crippen LogP contribution in [0.1, 0.15) is 35.7 Å². The summed E-state index contributed by atoms with van der Waals surface area (Å²) in [5.74, 6) is 4.04. The number of hydrogen-bond acceptors (Lipinski definition) is 14. The molecule has 15 heteroatoms. The summed E-state index contributed by atoms with van der Waals surface area (Å²) in [6, 6.07) is 31.6. The number of aromatic nitrogens is 2. The van der Waals surface area contributed by atoms with Crippen LogP contribution in [0.5, 0.6) is 23.0 Å². The Morgan fingerprint density at radius 3 is 1.73 bits per heavy atom. The number of thiazole rings is 2. The van der Waals surface area contributed by atoms with E-state index in [0.29, 0.717) is 25.4 Å². The van der Waals surface area contributed by atoms with Gasteiger partial charge in [-0.25, -0.2) is 9.97 Å². The smallest absolute Gasteiger partial charge is 0.210 e. The van der Waals surface area contributed by atoms with Crippen LogP contribution in [0.15, 0.2) is 97.1 Å². The highest BCUT2D eigenvalue weighted by Crippen LogP contribution is 2.27. The molecule has 2 aliphatic heterocycles. The van der Waals surface area contributed by atoms with E-state index in [1.54, 1.807) is 22.7 Å². The van der Waals surface area contributed by atoms with Gasteiger partial charge < -0.3 is 39.4 Å². The molecule has 2 aromatic heterocycles. The highest BCUT2D eigenvalue weighted by atomic mass is 35.5. The number of alkyl halides is 1. The molecule has 0 unspecified atom stereocenters. The molecular formula is C49H65ClN6O6S2. The second-order valence-corrected chi connectivity index (χ2v) is 18.7. The van der Waals surface area contributed by atoms with Crippen molar-refractivity contribution in [3.8, 4) is 23.0 Å². The number of benzene rings is 4. The Hall–Kier alpha value is -4.09. The predicted molar refractivity (Wildman–Crippen MR) is 262 cm³/mol. The molecule has 6 aromatic rings. The van der Waals surface area contributed by atoms with Gasteiger partial charge >= 0.3 is 0 Å². The van der Waals surface area contributed by atoms with Gasteiger partial charge in [0.25, 0.3) is 0 Å². The van der Waals surface area contributed by atoms with E-state index in [1.165, 1.54) is 0 Å². The number of halogens is 1. The number of unbranched alkanes of at least 4 members (excludes halogenated alkanes) is 2. The van der Waals surface area contributed by atoms with Gasteiger partial charge in [0.1, 0.15) is 35.7 Å². The number of piperazine rings is 2. The minimum atomic E-state index is -0.801. The predicted octanol–water partition coefficient (Wildman–Crippen LogP) is 8.11. The van der Waals surface area contributed by atoms with Crippen LogP contribution in [-0.4, -0.2) is 145 Å². The second-order valence-electron chi connectivity index (χ2n) is 15.9. The summed E-state index contributed by atoms with van der Waals surface area (Å²) < 4.78 is 24.9. The fourth-order valence-corrected chi connectivity index (χ4v) is 9.11. The average molecular weight is 934 g/mol. The molecule has 0 radical (unpaired) electrons. The first-order valence-corrected chi connectivity index (χ1v) is 24.7. The zero-order chi connectivity index (χ0) is 44.8. The number of aryl methyl sites for hydroxylation is 2. The van der Waals surface area contributed by atoms with Gasteiger partial charge in [-0.1, -0.05) is 36.4 Å². The number of β-amino-alcohol motifs (C(OH)–C–C–N with tert-alkyl or cyclic N) is 2. The lowest BCUT2D eigenvalue weighted by molar-refractivity contribution is -0.0425. The molecule has 4 aromatic carbocycles. The maximum atomic E-state index is 10.4. The number of rotatable bonds is 20. The normalized spacial score (nSPS) is 15.7. The molecule has 12 nitrogen and oxygen atoms in total. The van der Waals surface area contributed by atoms with Crippen LogP contribution in [0.25, 0.3) is 20.4 Å². The number of aliphatic hydroxyl groups excluding tert-OH is 2. The van der Waals surface area contributed by atoms with Crippen molar-refractivity contribution in [2.75, 3.05) is 97.7 Å². The molecule has 2 atom stereocenters. The summed E-state index contributed by atoms with van der Waals surface area (Å²) in [7, 11) is 0. The van der Waals surface area contributed by atoms with Crippen molar-refractivity contribution >= 4 is 54.7 Å². The largest absolute Gasteiger partial charge is 0.494 e. The molecule has 64 heavy (non-hydrogen) atoms. The lowest BCUT2D eigenvalue weighted by Crippen LogP contribution is -2.49. The third-order valence-electron chi connectivity index (χ3n) is 10.6. The van der Waals surface area contributed by atoms with Crippen molar-refractivity contribution in [3.63, 3.8) is 0 Å². The van der Waals surface area contributed by atoms with Gasteiger partial charge in [0.2, 0.25) is 6.29 Å². The maximum absolute atomic E-state index is 10.4. The Morgan fingerprint density at radius 2 is 1.14 bits per heavy atom. The summed E-state index contributed by atoms with van der Waals surface area (Å²) in [5, 5.41) is 25.8. The van der Waals surface area contributed by atoms with E-state index in [1.807, 2.05) is 111 Å². The Bertz CT molecular complexity index is 2190. The van der Waals surface area contributed by atoms with Crippen molar-refractivity contribution in [1.29, 1.82) is 0 Å². The number of ether oxygens (including phenoxy) is 4. The monoisotopic (exact) mass is 932 g/mol. The van der Waals surface area contributed by atoms with Crippen molar-refractivity contribution in [2.24, 2.45) is 0 Å². The Morgan fingerprint density at radius 1 is 0.609 bits per heavy atom. The van der Waals surface area contributed by atoms with Crippen LogP contribution in [-0.2, 0) is 0 Å². The topological polar surface area (TPSA) is 125 Å². The van der Waals surface area contributed by atoms with E-state index in [9.17, 15) is 10.2 Å². The molecule has 0 aliphatic carbocycles. The molecule has 2 fully saturated rings. The molecule has 2 saturated heterocycles.